The Morgan fingerprint density at radius 2 is 0.507 bits per heavy atom. The molecule has 0 spiro atoms. The van der Waals surface area contributed by atoms with Crippen molar-refractivity contribution in [2.75, 3.05) is 48.9 Å². The molecule has 7 N–H and O–H groups in total. The van der Waals surface area contributed by atoms with Gasteiger partial charge in [-0.2, -0.15) is 0 Å². The first-order chi connectivity index (χ1) is 66.2. The van der Waals surface area contributed by atoms with Gasteiger partial charge in [0.1, 0.15) is 79.9 Å². The van der Waals surface area contributed by atoms with E-state index in [4.69, 9.17) is 103 Å². The summed E-state index contributed by atoms with van der Waals surface area (Å²) < 4.78 is 41.0. The van der Waals surface area contributed by atoms with Crippen LogP contribution in [0.3, 0.4) is 0 Å². The van der Waals surface area contributed by atoms with Gasteiger partial charge in [0.05, 0.1) is 81.9 Å². The molecule has 0 heterocycles. The van der Waals surface area contributed by atoms with Gasteiger partial charge >= 0.3 is 0 Å². The van der Waals surface area contributed by atoms with E-state index >= 15 is 0 Å². The Bertz CT molecular complexity index is 5890. The van der Waals surface area contributed by atoms with Crippen LogP contribution in [0.2, 0.25) is 30.1 Å². The fourth-order valence-electron chi connectivity index (χ4n) is 14.6. The van der Waals surface area contributed by atoms with Crippen LogP contribution in [-0.4, -0.2) is 89.4 Å². The third kappa shape index (κ3) is 35.3. The van der Waals surface area contributed by atoms with Gasteiger partial charge in [0.25, 0.3) is 0 Å². The van der Waals surface area contributed by atoms with Crippen molar-refractivity contribution >= 4 is 105 Å². The number of aryl methyl sites for hydroxylation is 9. The number of likely N-dealkylation sites (N-methyl/N-ethyl adjacent to an activating group) is 6. The van der Waals surface area contributed by atoms with Gasteiger partial charge in [-0.05, 0) is 289 Å². The van der Waals surface area contributed by atoms with E-state index in [1.54, 1.807) is 42.3 Å². The van der Waals surface area contributed by atoms with Crippen LogP contribution in [0.5, 0.6) is 40.2 Å². The topological polar surface area (TPSA) is 259 Å². The second-order valence-corrected chi connectivity index (χ2v) is 35.5. The molecule has 1 aliphatic rings. The molecule has 26 heteroatoms. The largest absolute Gasteiger partial charge is 0.493 e. The number of amides is 6. The highest BCUT2D eigenvalue weighted by Gasteiger charge is 2.28. The molecule has 0 aliphatic heterocycles. The number of ether oxygens (including phenoxy) is 7. The van der Waals surface area contributed by atoms with Gasteiger partial charge in [0, 0.05) is 47.8 Å². The first-order valence-electron chi connectivity index (χ1n) is 45.6. The van der Waals surface area contributed by atoms with Crippen molar-refractivity contribution in [2.24, 2.45) is 0 Å². The number of rotatable bonds is 35. The van der Waals surface area contributed by atoms with Gasteiger partial charge in [-0.15, -0.1) is 0 Å². The van der Waals surface area contributed by atoms with Gasteiger partial charge in [-0.25, -0.2) is 0 Å². The lowest BCUT2D eigenvalue weighted by atomic mass is 9.96. The van der Waals surface area contributed by atoms with Crippen LogP contribution in [0, 0.1) is 55.4 Å². The Morgan fingerprint density at radius 3 is 0.783 bits per heavy atom. The molecule has 0 saturated heterocycles. The second kappa shape index (κ2) is 57.2. The maximum absolute atomic E-state index is 11.8. The number of hydrogen-bond acceptors (Lipinski definition) is 14. The van der Waals surface area contributed by atoms with Gasteiger partial charge in [0.2, 0.25) is 35.4 Å². The summed E-state index contributed by atoms with van der Waals surface area (Å²) in [4.78, 5) is 70.2. The molecule has 12 aromatic rings. The number of benzene rings is 12. The fraction of sp³-hybridized carbons (Fsp3) is 0.304. The molecule has 138 heavy (non-hydrogen) atoms. The van der Waals surface area contributed by atoms with E-state index in [-0.39, 0.29) is 68.1 Å². The minimum absolute atomic E-state index is 0.00660. The molecule has 13 rings (SSSR count). The van der Waals surface area contributed by atoms with Crippen LogP contribution in [0.15, 0.2) is 218 Å². The maximum atomic E-state index is 11.8. The van der Waals surface area contributed by atoms with E-state index in [1.807, 2.05) is 269 Å². The summed E-state index contributed by atoms with van der Waals surface area (Å²) >= 11 is 37.3. The van der Waals surface area contributed by atoms with Crippen molar-refractivity contribution in [1.82, 2.24) is 31.9 Å². The predicted molar refractivity (Wildman–Crippen MR) is 556 cm³/mol. The lowest BCUT2D eigenvalue weighted by Crippen LogP contribution is -2.21. The van der Waals surface area contributed by atoms with Gasteiger partial charge in [-0.1, -0.05) is 216 Å². The summed E-state index contributed by atoms with van der Waals surface area (Å²) in [5, 5.41) is 29.0. The van der Waals surface area contributed by atoms with E-state index in [0.29, 0.717) is 129 Å². The summed E-state index contributed by atoms with van der Waals surface area (Å²) in [7, 11) is 9.81. The molecule has 1 saturated carbocycles. The molecule has 1 aliphatic carbocycles. The van der Waals surface area contributed by atoms with Crippen molar-refractivity contribution < 1.29 is 67.0 Å². The normalized spacial score (nSPS) is 10.9. The quantitative estimate of drug-likeness (QED) is 0.0195. The van der Waals surface area contributed by atoms with Crippen LogP contribution in [-0.2, 0) is 120 Å². The Hall–Kier alpha value is -12.2. The first kappa shape index (κ1) is 111. The molecule has 0 bridgehead atoms. The highest BCUT2D eigenvalue weighted by atomic mass is 35.5. The van der Waals surface area contributed by atoms with Crippen LogP contribution in [0.25, 0.3) is 0 Å². The molecule has 0 unspecified atom stereocenters. The minimum atomic E-state index is -0.109. The standard InChI is InChI=1S/C20H22ClNO2.C19H22ClNO3.C19H22ClNO2.C18H20ClNO3.2C18H20ClNO2/c1-13-6-9-19(18(21)10-13)24-12-17-15(11-20(23)22-2)4-3-5-16(17)14-7-8-14;1-4-23-17-7-5-6-14(11-19(22)21-3)15(17)12-24-18-9-8-13(2)10-16(18)20;1-4-14-6-5-7-15(11-19(22)21-3)16(14)12-23-18-9-8-13(2)10-17(18)20;1-12-6-7-17(16(19)8-12)23-11-15-13(9-18(22)20-2)4-3-5-14(15)10-21;2*1-12-7-8-17(16(19)9-12)22-11-15-13(2)5-4-6-14(15)10-18(21)20-3/h3-6,9-10,14H,7-8,11-12H2,1-2H3,(H,22,23);5-10H,4,11-12H2,1-3H3,(H,21,22);5-10H,4,11-12H2,1-3H3,(H,21,22);3-8,21H,9-11H2,1-2H3,(H,20,22);2*4-9H,10-11H2,1-3H3,(H,20,21). The molecule has 0 atom stereocenters. The van der Waals surface area contributed by atoms with Crippen LogP contribution in [0.1, 0.15) is 161 Å². The summed E-state index contributed by atoms with van der Waals surface area (Å²) in [5.41, 5.74) is 23.6. The van der Waals surface area contributed by atoms with Gasteiger partial charge in [0.15, 0.2) is 0 Å². The smallest absolute Gasteiger partial charge is 0.224 e. The average Bonchev–Trinajstić information content (AvgIpc) is 1.67. The zero-order valence-electron chi connectivity index (χ0n) is 81.4. The summed E-state index contributed by atoms with van der Waals surface area (Å²) in [6.45, 7) is 22.5. The SMILES string of the molecule is CCOc1cccc(CC(=O)NC)c1COc1ccc(C)cc1Cl.CCc1cccc(CC(=O)NC)c1COc1ccc(C)cc1Cl.CNC(=O)Cc1cccc(C)c1COc1ccc(C)cc1Cl.CNC(=O)Cc1cccc(C)c1COc1ccc(C)cc1Cl.CNC(=O)Cc1cccc(C2CC2)c1COc1ccc(C)cc1Cl.CNC(=O)Cc1cccc(CO)c1COc1ccc(C)cc1Cl. The van der Waals surface area contributed by atoms with E-state index < -0.39 is 0 Å². The molecule has 20 nitrogen and oxygen atoms in total. The Morgan fingerprint density at radius 1 is 0.275 bits per heavy atom. The van der Waals surface area contributed by atoms with Crippen LogP contribution >= 0.6 is 69.6 Å². The zero-order chi connectivity index (χ0) is 100. The van der Waals surface area contributed by atoms with E-state index in [0.717, 1.165) is 129 Å². The first-order valence-corrected chi connectivity index (χ1v) is 47.9. The molecular formula is C112H126Cl6N6O14. The monoisotopic (exact) mass is 1990 g/mol. The molecule has 12 aromatic carbocycles. The average molecular weight is 1990 g/mol. The lowest BCUT2D eigenvalue weighted by molar-refractivity contribution is -0.120. The van der Waals surface area contributed by atoms with Crippen molar-refractivity contribution in [1.29, 1.82) is 0 Å². The number of carbonyl (C=O) groups is 6. The molecule has 0 radical (unpaired) electrons. The third-order valence-corrected chi connectivity index (χ3v) is 24.5. The van der Waals surface area contributed by atoms with E-state index in [1.165, 1.54) is 24.0 Å². The summed E-state index contributed by atoms with van der Waals surface area (Å²) in [6, 6.07) is 69.4. The number of halogens is 6. The molecule has 730 valence electrons. The molecule has 1 fully saturated rings. The van der Waals surface area contributed by atoms with Crippen LogP contribution in [0.4, 0.5) is 0 Å². The van der Waals surface area contributed by atoms with Crippen molar-refractivity contribution in [3.8, 4) is 40.2 Å². The van der Waals surface area contributed by atoms with Crippen molar-refractivity contribution in [3.63, 3.8) is 0 Å². The van der Waals surface area contributed by atoms with Crippen molar-refractivity contribution in [2.45, 2.75) is 179 Å². The molecular weight excluding hydrogens is 1870 g/mol. The Balaban J connectivity index is 0.000000203. The number of aliphatic hydroxyl groups is 1. The lowest BCUT2D eigenvalue weighted by Gasteiger charge is -2.16. The van der Waals surface area contributed by atoms with Crippen LogP contribution < -0.4 is 65.1 Å². The molecule has 0 aromatic heterocycles. The summed E-state index contributed by atoms with van der Waals surface area (Å²) in [5.74, 6) is 4.99. The highest BCUT2D eigenvalue weighted by molar-refractivity contribution is 6.33. The minimum Gasteiger partial charge on any atom is -0.493 e. The van der Waals surface area contributed by atoms with E-state index in [2.05, 4.69) is 51.0 Å². The Labute approximate surface area is 842 Å². The zero-order valence-corrected chi connectivity index (χ0v) is 85.9. The van der Waals surface area contributed by atoms with E-state index in [9.17, 15) is 33.9 Å². The predicted octanol–water partition coefficient (Wildman–Crippen LogP) is 23.0. The second-order valence-electron chi connectivity index (χ2n) is 33.1. The number of carbonyl (C=O) groups excluding carboxylic acids is 6. The summed E-state index contributed by atoms with van der Waals surface area (Å²) in [6.07, 6.45) is 5.24. The number of aliphatic hydroxyl groups excluding tert-OH is 1. The third-order valence-electron chi connectivity index (χ3n) is 22.7. The van der Waals surface area contributed by atoms with Gasteiger partial charge in [-0.3, -0.25) is 28.8 Å². The maximum Gasteiger partial charge on any atom is 0.224 e. The number of nitrogens with one attached hydrogen (secondary N) is 6. The van der Waals surface area contributed by atoms with Gasteiger partial charge < -0.3 is 70.2 Å². The fourth-order valence-corrected chi connectivity index (χ4v) is 16.4. The molecule has 6 amide bonds. The highest BCUT2D eigenvalue weighted by Crippen LogP contribution is 2.44. The Kier molecular flexibility index (Phi) is 46.0. The van der Waals surface area contributed by atoms with Crippen molar-refractivity contribution in [3.05, 3.63) is 376 Å². The number of hydrogen-bond donors (Lipinski definition) is 7.